The zero-order valence-electron chi connectivity index (χ0n) is 10.1. The summed E-state index contributed by atoms with van der Waals surface area (Å²) in [6, 6.07) is 6.69. The second-order valence-electron chi connectivity index (χ2n) is 5.22. The molecule has 98 valence electrons. The molecule has 4 heteroatoms. The van der Waals surface area contributed by atoms with Gasteiger partial charge in [0.15, 0.2) is 6.30 Å². The summed E-state index contributed by atoms with van der Waals surface area (Å²) in [7, 11) is 0. The van der Waals surface area contributed by atoms with E-state index < -0.39 is 11.8 Å². The molecule has 0 bridgehead atoms. The van der Waals surface area contributed by atoms with Crippen molar-refractivity contribution in [1.29, 1.82) is 0 Å². The summed E-state index contributed by atoms with van der Waals surface area (Å²) >= 11 is 6.24. The lowest BCUT2D eigenvalue weighted by Gasteiger charge is -2.51. The third-order valence-corrected chi connectivity index (χ3v) is 4.73. The Kier molecular flexibility index (Phi) is 3.07. The first-order valence-electron chi connectivity index (χ1n) is 6.47. The topological polar surface area (TPSA) is 3.24 Å². The van der Waals surface area contributed by atoms with Gasteiger partial charge in [-0.15, -0.1) is 11.6 Å². The van der Waals surface area contributed by atoms with E-state index >= 15 is 0 Å². The SMILES string of the molecule is Fc1ccccc1C1(N2C(F)CCC2Cl)CCC1. The Morgan fingerprint density at radius 1 is 1.22 bits per heavy atom. The molecule has 2 aliphatic rings. The van der Waals surface area contributed by atoms with Crippen LogP contribution in [0.15, 0.2) is 24.3 Å². The summed E-state index contributed by atoms with van der Waals surface area (Å²) in [5, 5.41) is 0. The average molecular weight is 272 g/mol. The molecular weight excluding hydrogens is 256 g/mol. The van der Waals surface area contributed by atoms with Gasteiger partial charge in [-0.05, 0) is 38.2 Å². The maximum absolute atomic E-state index is 14.1. The molecule has 2 unspecified atom stereocenters. The summed E-state index contributed by atoms with van der Waals surface area (Å²) in [5.41, 5.74) is -0.236. The molecule has 1 saturated heterocycles. The highest BCUT2D eigenvalue weighted by Crippen LogP contribution is 2.52. The molecule has 0 aromatic heterocycles. The number of hydrogen-bond donors (Lipinski definition) is 0. The van der Waals surface area contributed by atoms with Gasteiger partial charge in [0.1, 0.15) is 5.82 Å². The first-order chi connectivity index (χ1) is 8.65. The quantitative estimate of drug-likeness (QED) is 0.577. The Bertz CT molecular complexity index is 437. The first-order valence-corrected chi connectivity index (χ1v) is 6.90. The van der Waals surface area contributed by atoms with E-state index in [4.69, 9.17) is 11.6 Å². The summed E-state index contributed by atoms with van der Waals surface area (Å²) in [4.78, 5) is 1.69. The van der Waals surface area contributed by atoms with Gasteiger partial charge in [-0.25, -0.2) is 13.7 Å². The van der Waals surface area contributed by atoms with E-state index in [-0.39, 0.29) is 11.3 Å². The molecule has 1 aromatic carbocycles. The predicted molar refractivity (Wildman–Crippen MR) is 67.5 cm³/mol. The largest absolute Gasteiger partial charge is 0.247 e. The fourth-order valence-electron chi connectivity index (χ4n) is 3.28. The monoisotopic (exact) mass is 271 g/mol. The first kappa shape index (κ1) is 12.4. The molecule has 1 saturated carbocycles. The van der Waals surface area contributed by atoms with Crippen LogP contribution in [0.2, 0.25) is 0 Å². The molecular formula is C14H16ClF2N. The third-order valence-electron chi connectivity index (χ3n) is 4.30. The molecule has 0 radical (unpaired) electrons. The van der Waals surface area contributed by atoms with Crippen LogP contribution in [0.1, 0.15) is 37.7 Å². The van der Waals surface area contributed by atoms with Crippen LogP contribution >= 0.6 is 11.6 Å². The van der Waals surface area contributed by atoms with Gasteiger partial charge in [-0.2, -0.15) is 0 Å². The van der Waals surface area contributed by atoms with E-state index in [0.29, 0.717) is 18.4 Å². The molecule has 18 heavy (non-hydrogen) atoms. The van der Waals surface area contributed by atoms with Crippen molar-refractivity contribution in [3.63, 3.8) is 0 Å². The zero-order chi connectivity index (χ0) is 12.8. The van der Waals surface area contributed by atoms with Gasteiger partial charge in [0, 0.05) is 5.56 Å². The van der Waals surface area contributed by atoms with Crippen molar-refractivity contribution in [1.82, 2.24) is 4.90 Å². The van der Waals surface area contributed by atoms with E-state index in [1.54, 1.807) is 17.0 Å². The van der Waals surface area contributed by atoms with Crippen LogP contribution in [0.25, 0.3) is 0 Å². The lowest BCUT2D eigenvalue weighted by Crippen LogP contribution is -2.54. The number of likely N-dealkylation sites (tertiary alicyclic amines) is 1. The van der Waals surface area contributed by atoms with E-state index in [0.717, 1.165) is 19.3 Å². The number of nitrogens with zero attached hydrogens (tertiary/aromatic N) is 1. The van der Waals surface area contributed by atoms with Gasteiger partial charge in [-0.3, -0.25) is 0 Å². The van der Waals surface area contributed by atoms with Gasteiger partial charge >= 0.3 is 0 Å². The van der Waals surface area contributed by atoms with Crippen molar-refractivity contribution in [3.8, 4) is 0 Å². The van der Waals surface area contributed by atoms with Crippen LogP contribution in [-0.4, -0.2) is 16.7 Å². The summed E-state index contributed by atoms with van der Waals surface area (Å²) in [6.07, 6.45) is 2.62. The van der Waals surface area contributed by atoms with Gasteiger partial charge in [0.25, 0.3) is 0 Å². The van der Waals surface area contributed by atoms with E-state index in [9.17, 15) is 8.78 Å². The fourth-order valence-corrected chi connectivity index (χ4v) is 3.72. The van der Waals surface area contributed by atoms with Crippen LogP contribution in [0.4, 0.5) is 8.78 Å². The lowest BCUT2D eigenvalue weighted by molar-refractivity contribution is -0.0530. The van der Waals surface area contributed by atoms with Gasteiger partial charge in [0.2, 0.25) is 0 Å². The Balaban J connectivity index is 2.03. The van der Waals surface area contributed by atoms with Crippen LogP contribution in [0.5, 0.6) is 0 Å². The highest BCUT2D eigenvalue weighted by molar-refractivity contribution is 6.20. The van der Waals surface area contributed by atoms with Crippen molar-refractivity contribution in [2.45, 2.75) is 49.4 Å². The molecule has 1 heterocycles. The molecule has 1 aliphatic carbocycles. The van der Waals surface area contributed by atoms with E-state index in [1.165, 1.54) is 6.07 Å². The van der Waals surface area contributed by atoms with Crippen molar-refractivity contribution in [2.24, 2.45) is 0 Å². The van der Waals surface area contributed by atoms with Gasteiger partial charge in [-0.1, -0.05) is 18.2 Å². The molecule has 0 N–H and O–H groups in total. The Morgan fingerprint density at radius 3 is 2.44 bits per heavy atom. The van der Waals surface area contributed by atoms with Gasteiger partial charge < -0.3 is 0 Å². The van der Waals surface area contributed by atoms with Crippen molar-refractivity contribution >= 4 is 11.6 Å². The molecule has 1 aromatic rings. The second-order valence-corrected chi connectivity index (χ2v) is 5.72. The maximum atomic E-state index is 14.1. The second kappa shape index (κ2) is 4.46. The molecule has 1 nitrogen and oxygen atoms in total. The van der Waals surface area contributed by atoms with E-state index in [2.05, 4.69) is 0 Å². The minimum absolute atomic E-state index is 0.250. The van der Waals surface area contributed by atoms with Crippen molar-refractivity contribution in [2.75, 3.05) is 0 Å². The lowest BCUT2D eigenvalue weighted by atomic mass is 9.70. The van der Waals surface area contributed by atoms with Crippen LogP contribution < -0.4 is 0 Å². The molecule has 0 spiro atoms. The average Bonchev–Trinajstić information content (AvgIpc) is 2.62. The van der Waals surface area contributed by atoms with Crippen molar-refractivity contribution in [3.05, 3.63) is 35.6 Å². The highest BCUT2D eigenvalue weighted by atomic mass is 35.5. The Morgan fingerprint density at radius 2 is 1.94 bits per heavy atom. The third kappa shape index (κ3) is 1.68. The number of alkyl halides is 2. The number of halogens is 3. The molecule has 1 aliphatic heterocycles. The van der Waals surface area contributed by atoms with Crippen LogP contribution in [-0.2, 0) is 5.54 Å². The standard InChI is InChI=1S/C14H16ClF2N/c15-12-6-7-13(17)18(12)14(8-3-9-14)10-4-1-2-5-11(10)16/h1-2,4-5,12-13H,3,6-9H2. The Hall–Kier alpha value is -0.670. The zero-order valence-corrected chi connectivity index (χ0v) is 10.8. The summed E-state index contributed by atoms with van der Waals surface area (Å²) in [5.74, 6) is -0.250. The Labute approximate surface area is 111 Å². The molecule has 2 atom stereocenters. The van der Waals surface area contributed by atoms with Crippen LogP contribution in [0, 0.1) is 5.82 Å². The molecule has 2 fully saturated rings. The highest BCUT2D eigenvalue weighted by Gasteiger charge is 2.52. The van der Waals surface area contributed by atoms with Crippen molar-refractivity contribution < 1.29 is 8.78 Å². The van der Waals surface area contributed by atoms with E-state index in [1.807, 2.05) is 6.07 Å². The number of benzene rings is 1. The minimum Gasteiger partial charge on any atom is -0.247 e. The molecule has 3 rings (SSSR count). The summed E-state index contributed by atoms with van der Waals surface area (Å²) in [6.45, 7) is 0. The smallest absolute Gasteiger partial charge is 0.155 e. The number of hydrogen-bond acceptors (Lipinski definition) is 1. The predicted octanol–water partition coefficient (Wildman–Crippen LogP) is 4.16. The normalized spacial score (nSPS) is 31.3. The summed E-state index contributed by atoms with van der Waals surface area (Å²) < 4.78 is 28.1. The van der Waals surface area contributed by atoms with Gasteiger partial charge in [0.05, 0.1) is 11.0 Å². The molecule has 0 amide bonds. The minimum atomic E-state index is -1.05. The fraction of sp³-hybridized carbons (Fsp3) is 0.571. The number of rotatable bonds is 2. The maximum Gasteiger partial charge on any atom is 0.155 e. The van der Waals surface area contributed by atoms with Crippen LogP contribution in [0.3, 0.4) is 0 Å².